The minimum absolute atomic E-state index is 0.315. The smallest absolute Gasteiger partial charge is 0.312 e. The van der Waals surface area contributed by atoms with E-state index >= 15 is 0 Å². The van der Waals surface area contributed by atoms with Crippen LogP contribution in [0.1, 0.15) is 12.0 Å². The van der Waals surface area contributed by atoms with Gasteiger partial charge < -0.3 is 19.7 Å². The number of carbonyl (C=O) groups is 1. The summed E-state index contributed by atoms with van der Waals surface area (Å²) in [5, 5.41) is 11.2. The SMILES string of the molecule is COC(=O)[C@@H]1CN(CCc2c[nH]c3ccccc23)CC[C@@H]1O. The summed E-state index contributed by atoms with van der Waals surface area (Å²) in [6.07, 6.45) is 3.01. The van der Waals surface area contributed by atoms with Crippen molar-refractivity contribution in [3.63, 3.8) is 0 Å². The molecule has 5 heteroatoms. The van der Waals surface area contributed by atoms with Crippen LogP contribution in [0.3, 0.4) is 0 Å². The van der Waals surface area contributed by atoms with Gasteiger partial charge in [-0.25, -0.2) is 0 Å². The topological polar surface area (TPSA) is 65.6 Å². The number of fused-ring (bicyclic) bond motifs is 1. The zero-order valence-corrected chi connectivity index (χ0v) is 12.8. The fourth-order valence-electron chi connectivity index (χ4n) is 3.21. The summed E-state index contributed by atoms with van der Waals surface area (Å²) in [4.78, 5) is 17.2. The van der Waals surface area contributed by atoms with E-state index in [-0.39, 0.29) is 5.97 Å². The Bertz CT molecular complexity index is 652. The molecule has 2 aromatic rings. The number of aromatic amines is 1. The molecule has 0 unspecified atom stereocenters. The quantitative estimate of drug-likeness (QED) is 0.841. The molecule has 0 radical (unpaired) electrons. The van der Waals surface area contributed by atoms with Gasteiger partial charge in [-0.15, -0.1) is 0 Å². The first-order valence-electron chi connectivity index (χ1n) is 7.72. The second-order valence-corrected chi connectivity index (χ2v) is 5.90. The van der Waals surface area contributed by atoms with Crippen LogP contribution in [-0.2, 0) is 16.0 Å². The first-order valence-corrected chi connectivity index (χ1v) is 7.72. The van der Waals surface area contributed by atoms with Crippen LogP contribution in [0.4, 0.5) is 0 Å². The molecule has 2 heterocycles. The lowest BCUT2D eigenvalue weighted by Crippen LogP contribution is -2.47. The first kappa shape index (κ1) is 15.1. The van der Waals surface area contributed by atoms with Crippen molar-refractivity contribution in [3.8, 4) is 0 Å². The van der Waals surface area contributed by atoms with Crippen LogP contribution >= 0.6 is 0 Å². The molecule has 0 bridgehead atoms. The number of ether oxygens (including phenoxy) is 1. The number of aromatic nitrogens is 1. The molecule has 5 nitrogen and oxygen atoms in total. The number of hydrogen-bond donors (Lipinski definition) is 2. The number of nitrogens with zero attached hydrogens (tertiary/aromatic N) is 1. The monoisotopic (exact) mass is 302 g/mol. The number of aliphatic hydroxyl groups is 1. The van der Waals surface area contributed by atoms with Gasteiger partial charge in [0.2, 0.25) is 0 Å². The summed E-state index contributed by atoms with van der Waals surface area (Å²) in [5.41, 5.74) is 2.44. The van der Waals surface area contributed by atoms with Crippen LogP contribution in [0, 0.1) is 5.92 Å². The lowest BCUT2D eigenvalue weighted by Gasteiger charge is -2.34. The van der Waals surface area contributed by atoms with Crippen LogP contribution in [0.5, 0.6) is 0 Å². The number of methoxy groups -OCH3 is 1. The number of aliphatic hydroxyl groups excluding tert-OH is 1. The molecule has 2 atom stereocenters. The Hall–Kier alpha value is -1.85. The number of H-pyrrole nitrogens is 1. The molecule has 0 spiro atoms. The molecule has 1 aliphatic rings. The van der Waals surface area contributed by atoms with Gasteiger partial charge >= 0.3 is 5.97 Å². The number of hydrogen-bond acceptors (Lipinski definition) is 4. The Morgan fingerprint density at radius 2 is 2.27 bits per heavy atom. The summed E-state index contributed by atoms with van der Waals surface area (Å²) >= 11 is 0. The highest BCUT2D eigenvalue weighted by atomic mass is 16.5. The predicted octanol–water partition coefficient (Wildman–Crippen LogP) is 1.57. The van der Waals surface area contributed by atoms with E-state index in [4.69, 9.17) is 4.74 Å². The highest BCUT2D eigenvalue weighted by Gasteiger charge is 2.33. The van der Waals surface area contributed by atoms with Gasteiger partial charge in [0.05, 0.1) is 19.1 Å². The standard InChI is InChI=1S/C17H22N2O3/c1-22-17(21)14-11-19(9-7-16(14)20)8-6-12-10-18-15-5-3-2-4-13(12)15/h2-5,10,14,16,18,20H,6-9,11H2,1H3/t14-,16+/m1/s1. The average molecular weight is 302 g/mol. The number of rotatable bonds is 4. The largest absolute Gasteiger partial charge is 0.469 e. The summed E-state index contributed by atoms with van der Waals surface area (Å²) in [6, 6.07) is 8.27. The summed E-state index contributed by atoms with van der Waals surface area (Å²) in [7, 11) is 1.37. The Labute approximate surface area is 129 Å². The van der Waals surface area contributed by atoms with Crippen molar-refractivity contribution in [2.45, 2.75) is 18.9 Å². The van der Waals surface area contributed by atoms with Crippen molar-refractivity contribution in [2.75, 3.05) is 26.7 Å². The summed E-state index contributed by atoms with van der Waals surface area (Å²) < 4.78 is 4.79. The van der Waals surface area contributed by atoms with Gasteiger partial charge in [0, 0.05) is 36.7 Å². The highest BCUT2D eigenvalue weighted by molar-refractivity contribution is 5.83. The van der Waals surface area contributed by atoms with Crippen molar-refractivity contribution >= 4 is 16.9 Å². The number of para-hydroxylation sites is 1. The van der Waals surface area contributed by atoms with Gasteiger partial charge in [-0.1, -0.05) is 18.2 Å². The molecule has 22 heavy (non-hydrogen) atoms. The van der Waals surface area contributed by atoms with Crippen LogP contribution in [0.15, 0.2) is 30.5 Å². The first-order chi connectivity index (χ1) is 10.7. The fraction of sp³-hybridized carbons (Fsp3) is 0.471. The molecular formula is C17H22N2O3. The van der Waals surface area contributed by atoms with Gasteiger partial charge in [-0.2, -0.15) is 0 Å². The van der Waals surface area contributed by atoms with Crippen LogP contribution in [0.2, 0.25) is 0 Å². The maximum atomic E-state index is 11.7. The van der Waals surface area contributed by atoms with Crippen molar-refractivity contribution in [1.82, 2.24) is 9.88 Å². The van der Waals surface area contributed by atoms with Crippen LogP contribution < -0.4 is 0 Å². The van der Waals surface area contributed by atoms with E-state index in [1.807, 2.05) is 12.1 Å². The van der Waals surface area contributed by atoms with E-state index in [1.54, 1.807) is 0 Å². The Kier molecular flexibility index (Phi) is 4.45. The van der Waals surface area contributed by atoms with E-state index in [2.05, 4.69) is 28.2 Å². The number of esters is 1. The minimum Gasteiger partial charge on any atom is -0.469 e. The summed E-state index contributed by atoms with van der Waals surface area (Å²) in [6.45, 7) is 2.26. The molecule has 1 fully saturated rings. The third kappa shape index (κ3) is 3.00. The molecule has 0 saturated carbocycles. The van der Waals surface area contributed by atoms with Crippen LogP contribution in [0.25, 0.3) is 10.9 Å². The van der Waals surface area contributed by atoms with Gasteiger partial charge in [0.25, 0.3) is 0 Å². The molecule has 1 aliphatic heterocycles. The summed E-state index contributed by atoms with van der Waals surface area (Å²) in [5.74, 6) is -0.744. The maximum Gasteiger partial charge on any atom is 0.312 e. The molecular weight excluding hydrogens is 280 g/mol. The zero-order valence-electron chi connectivity index (χ0n) is 12.8. The minimum atomic E-state index is -0.586. The van der Waals surface area contributed by atoms with E-state index in [1.165, 1.54) is 18.1 Å². The molecule has 0 amide bonds. The third-order valence-corrected chi connectivity index (χ3v) is 4.54. The molecule has 118 valence electrons. The van der Waals surface area contributed by atoms with E-state index in [0.29, 0.717) is 13.0 Å². The number of piperidine rings is 1. The zero-order chi connectivity index (χ0) is 15.5. The molecule has 1 aromatic carbocycles. The van der Waals surface area contributed by atoms with E-state index in [9.17, 15) is 9.90 Å². The molecule has 1 aromatic heterocycles. The number of benzene rings is 1. The maximum absolute atomic E-state index is 11.7. The molecule has 2 N–H and O–H groups in total. The van der Waals surface area contributed by atoms with Crippen molar-refractivity contribution in [1.29, 1.82) is 0 Å². The van der Waals surface area contributed by atoms with Crippen LogP contribution in [-0.4, -0.2) is 53.8 Å². The predicted molar refractivity (Wildman–Crippen MR) is 84.6 cm³/mol. The van der Waals surface area contributed by atoms with Gasteiger partial charge in [-0.3, -0.25) is 4.79 Å². The second-order valence-electron chi connectivity index (χ2n) is 5.90. The number of carbonyl (C=O) groups excluding carboxylic acids is 1. The lowest BCUT2D eigenvalue weighted by atomic mass is 9.94. The number of likely N-dealkylation sites (tertiary alicyclic amines) is 1. The van der Waals surface area contributed by atoms with Gasteiger partial charge in [0.1, 0.15) is 0 Å². The highest BCUT2D eigenvalue weighted by Crippen LogP contribution is 2.21. The number of nitrogens with one attached hydrogen (secondary N) is 1. The fourth-order valence-corrected chi connectivity index (χ4v) is 3.21. The third-order valence-electron chi connectivity index (χ3n) is 4.54. The lowest BCUT2D eigenvalue weighted by molar-refractivity contribution is -0.152. The second kappa shape index (κ2) is 6.50. The normalized spacial score (nSPS) is 22.8. The Morgan fingerprint density at radius 3 is 3.09 bits per heavy atom. The van der Waals surface area contributed by atoms with Gasteiger partial charge in [-0.05, 0) is 24.5 Å². The Morgan fingerprint density at radius 1 is 1.45 bits per heavy atom. The Balaban J connectivity index is 1.63. The van der Waals surface area contributed by atoms with E-state index in [0.717, 1.165) is 25.0 Å². The van der Waals surface area contributed by atoms with Crippen molar-refractivity contribution < 1.29 is 14.6 Å². The van der Waals surface area contributed by atoms with Gasteiger partial charge in [0.15, 0.2) is 0 Å². The average Bonchev–Trinajstić information content (AvgIpc) is 2.96. The molecule has 1 saturated heterocycles. The van der Waals surface area contributed by atoms with E-state index < -0.39 is 12.0 Å². The molecule has 0 aliphatic carbocycles. The van der Waals surface area contributed by atoms with Crippen molar-refractivity contribution in [2.24, 2.45) is 5.92 Å². The van der Waals surface area contributed by atoms with Crippen molar-refractivity contribution in [3.05, 3.63) is 36.0 Å². The molecule has 3 rings (SSSR count).